The van der Waals surface area contributed by atoms with Crippen LogP contribution in [-0.2, 0) is 0 Å². The summed E-state index contributed by atoms with van der Waals surface area (Å²) < 4.78 is 11.7. The van der Waals surface area contributed by atoms with Crippen molar-refractivity contribution < 1.29 is 14.4 Å². The molecular formula is C34H31Cl3N10O4. The summed E-state index contributed by atoms with van der Waals surface area (Å²) in [6, 6.07) is 18.4. The lowest BCUT2D eigenvalue weighted by molar-refractivity contribution is -0.384. The molecule has 0 amide bonds. The summed E-state index contributed by atoms with van der Waals surface area (Å²) in [6.45, 7) is 7.65. The van der Waals surface area contributed by atoms with E-state index in [0.717, 1.165) is 40.3 Å². The van der Waals surface area contributed by atoms with Crippen molar-refractivity contribution in [2.75, 3.05) is 16.4 Å². The van der Waals surface area contributed by atoms with Gasteiger partial charge in [0.15, 0.2) is 11.0 Å². The summed E-state index contributed by atoms with van der Waals surface area (Å²) in [5.41, 5.74) is 10.9. The number of nitrogen functional groups attached to an aromatic ring is 1. The molecule has 0 aliphatic heterocycles. The second kappa shape index (κ2) is 17.2. The Morgan fingerprint density at radius 3 is 1.59 bits per heavy atom. The molecule has 4 heterocycles. The minimum atomic E-state index is -0.626. The predicted molar refractivity (Wildman–Crippen MR) is 199 cm³/mol. The van der Waals surface area contributed by atoms with Crippen molar-refractivity contribution >= 4 is 70.0 Å². The number of hydrogen-bond donors (Lipinski definition) is 3. The Morgan fingerprint density at radius 1 is 0.667 bits per heavy atom. The van der Waals surface area contributed by atoms with Gasteiger partial charge in [-0.3, -0.25) is 20.1 Å². The van der Waals surface area contributed by atoms with E-state index in [9.17, 15) is 10.1 Å². The second-order valence-electron chi connectivity index (χ2n) is 10.7. The quantitative estimate of drug-likeness (QED) is 0.0721. The van der Waals surface area contributed by atoms with E-state index in [-0.39, 0.29) is 34.2 Å². The SMILES string of the molecule is Cc1ccc(Oc2ccc(Nc3ncnc(Cl)c3N)cc2C)cn1.Cc1ccc(Oc2ccc(Nc3ncnc(Cl)c3[N+](=O)[O-])cc2C)cn1.Cl. The third-order valence-electron chi connectivity index (χ3n) is 6.89. The number of benzene rings is 2. The lowest BCUT2D eigenvalue weighted by atomic mass is 10.2. The average Bonchev–Trinajstić information content (AvgIpc) is 3.08. The van der Waals surface area contributed by atoms with Gasteiger partial charge in [-0.2, -0.15) is 0 Å². The Kier molecular flexibility index (Phi) is 12.8. The molecule has 0 fully saturated rings. The molecule has 6 aromatic rings. The highest BCUT2D eigenvalue weighted by atomic mass is 35.5. The van der Waals surface area contributed by atoms with Crippen molar-refractivity contribution in [1.29, 1.82) is 0 Å². The van der Waals surface area contributed by atoms with Crippen LogP contribution in [0.15, 0.2) is 85.7 Å². The zero-order valence-corrected chi connectivity index (χ0v) is 29.9. The number of halogens is 3. The highest BCUT2D eigenvalue weighted by Gasteiger charge is 2.22. The highest BCUT2D eigenvalue weighted by Crippen LogP contribution is 2.33. The van der Waals surface area contributed by atoms with Gasteiger partial charge >= 0.3 is 5.69 Å². The van der Waals surface area contributed by atoms with E-state index in [1.54, 1.807) is 30.6 Å². The number of anilines is 5. The summed E-state index contributed by atoms with van der Waals surface area (Å²) in [4.78, 5) is 34.4. The molecule has 14 nitrogen and oxygen atoms in total. The summed E-state index contributed by atoms with van der Waals surface area (Å²) >= 11 is 11.7. The smallest absolute Gasteiger partial charge is 0.348 e. The maximum absolute atomic E-state index is 11.2. The summed E-state index contributed by atoms with van der Waals surface area (Å²) in [5.74, 6) is 3.20. The third-order valence-corrected chi connectivity index (χ3v) is 7.47. The summed E-state index contributed by atoms with van der Waals surface area (Å²) in [7, 11) is 0. The fourth-order valence-electron chi connectivity index (χ4n) is 4.32. The summed E-state index contributed by atoms with van der Waals surface area (Å²) in [5, 5.41) is 17.2. The largest absolute Gasteiger partial charge is 0.455 e. The molecular weight excluding hydrogens is 719 g/mol. The highest BCUT2D eigenvalue weighted by molar-refractivity contribution is 6.32. The van der Waals surface area contributed by atoms with Gasteiger partial charge in [-0.25, -0.2) is 19.9 Å². The first-order valence-electron chi connectivity index (χ1n) is 14.8. The molecule has 0 atom stereocenters. The van der Waals surface area contributed by atoms with E-state index in [4.69, 9.17) is 38.4 Å². The van der Waals surface area contributed by atoms with Crippen LogP contribution in [0.4, 0.5) is 34.4 Å². The van der Waals surface area contributed by atoms with Crippen molar-refractivity contribution in [3.63, 3.8) is 0 Å². The molecule has 0 aliphatic rings. The van der Waals surface area contributed by atoms with Crippen LogP contribution < -0.4 is 25.8 Å². The van der Waals surface area contributed by atoms with Gasteiger partial charge in [0.1, 0.15) is 41.3 Å². The second-order valence-corrected chi connectivity index (χ2v) is 11.4. The zero-order chi connectivity index (χ0) is 35.8. The molecule has 2 aromatic carbocycles. The van der Waals surface area contributed by atoms with Crippen LogP contribution in [0.25, 0.3) is 0 Å². The van der Waals surface area contributed by atoms with Crippen LogP contribution in [0.3, 0.4) is 0 Å². The molecule has 51 heavy (non-hydrogen) atoms. The van der Waals surface area contributed by atoms with E-state index in [1.807, 2.05) is 70.2 Å². The number of aromatic nitrogens is 6. The van der Waals surface area contributed by atoms with Gasteiger partial charge in [0, 0.05) is 22.8 Å². The van der Waals surface area contributed by atoms with Gasteiger partial charge < -0.3 is 25.8 Å². The van der Waals surface area contributed by atoms with Crippen molar-refractivity contribution in [3.05, 3.63) is 129 Å². The molecule has 0 saturated heterocycles. The van der Waals surface area contributed by atoms with Crippen LogP contribution in [0.5, 0.6) is 23.0 Å². The minimum absolute atomic E-state index is 0. The molecule has 0 unspecified atom stereocenters. The van der Waals surface area contributed by atoms with E-state index < -0.39 is 4.92 Å². The van der Waals surface area contributed by atoms with Gasteiger partial charge in [-0.15, -0.1) is 12.4 Å². The lowest BCUT2D eigenvalue weighted by Gasteiger charge is -2.12. The molecule has 17 heteroatoms. The van der Waals surface area contributed by atoms with Crippen molar-refractivity contribution in [3.8, 4) is 23.0 Å². The van der Waals surface area contributed by atoms with Crippen molar-refractivity contribution in [2.24, 2.45) is 0 Å². The van der Waals surface area contributed by atoms with E-state index in [1.165, 1.54) is 6.33 Å². The van der Waals surface area contributed by atoms with Crippen LogP contribution in [0.1, 0.15) is 22.5 Å². The van der Waals surface area contributed by atoms with Gasteiger partial charge in [0.05, 0.1) is 17.3 Å². The number of ether oxygens (including phenoxy) is 2. The molecule has 0 saturated carbocycles. The van der Waals surface area contributed by atoms with Gasteiger partial charge in [0.2, 0.25) is 11.0 Å². The molecule has 0 radical (unpaired) electrons. The minimum Gasteiger partial charge on any atom is -0.455 e. The standard InChI is InChI=1S/C17H14ClN5O3.C17H16ClN5O.ClH/c1-10-7-12(22-17-15(23(24)25)16(18)20-9-21-17)4-6-14(10)26-13-5-3-11(2)19-8-13;1-10-7-12(23-17-15(19)16(18)21-9-22-17)4-6-14(10)24-13-5-3-11(2)20-8-13;/h3-9H,1-2H3,(H,20,21,22);3-9H,19H2,1-2H3,(H,21,22,23);1H. The predicted octanol–water partition coefficient (Wildman–Crippen LogP) is 9.27. The number of rotatable bonds is 9. The van der Waals surface area contributed by atoms with Crippen LogP contribution in [0, 0.1) is 37.8 Å². The maximum Gasteiger partial charge on any atom is 0.348 e. The maximum atomic E-state index is 11.2. The van der Waals surface area contributed by atoms with E-state index in [0.29, 0.717) is 34.4 Å². The van der Waals surface area contributed by atoms with Gasteiger partial charge in [-0.05, 0) is 99.5 Å². The molecule has 6 rings (SSSR count). The first-order chi connectivity index (χ1) is 24.0. The van der Waals surface area contributed by atoms with Crippen LogP contribution in [-0.4, -0.2) is 34.8 Å². The monoisotopic (exact) mass is 748 g/mol. The first kappa shape index (κ1) is 38.0. The lowest BCUT2D eigenvalue weighted by Crippen LogP contribution is -2.02. The Morgan fingerprint density at radius 2 is 1.14 bits per heavy atom. The number of nitrogens with zero attached hydrogens (tertiary/aromatic N) is 7. The average molecular weight is 750 g/mol. The van der Waals surface area contributed by atoms with Crippen molar-refractivity contribution in [2.45, 2.75) is 27.7 Å². The number of nitro groups is 1. The normalized spacial score (nSPS) is 10.2. The first-order valence-corrected chi connectivity index (χ1v) is 15.6. The van der Waals surface area contributed by atoms with E-state index in [2.05, 4.69) is 40.5 Å². The summed E-state index contributed by atoms with van der Waals surface area (Å²) in [6.07, 6.45) is 5.86. The number of pyridine rings is 2. The molecule has 0 aliphatic carbocycles. The Bertz CT molecular complexity index is 2140. The number of hydrogen-bond acceptors (Lipinski definition) is 13. The number of nitrogens with one attached hydrogen (secondary N) is 2. The van der Waals surface area contributed by atoms with E-state index >= 15 is 0 Å². The molecule has 262 valence electrons. The fourth-order valence-corrected chi connectivity index (χ4v) is 4.66. The van der Waals surface area contributed by atoms with Crippen molar-refractivity contribution in [1.82, 2.24) is 29.9 Å². The number of nitrogens with two attached hydrogens (primary N) is 1. The Hall–Kier alpha value is -5.83. The van der Waals surface area contributed by atoms with Gasteiger partial charge in [-0.1, -0.05) is 23.2 Å². The topological polar surface area (TPSA) is 189 Å². The Balaban J connectivity index is 0.000000225. The molecule has 4 aromatic heterocycles. The van der Waals surface area contributed by atoms with Gasteiger partial charge in [0.25, 0.3) is 0 Å². The van der Waals surface area contributed by atoms with Crippen LogP contribution in [0.2, 0.25) is 10.3 Å². The fraction of sp³-hybridized carbons (Fsp3) is 0.118. The van der Waals surface area contributed by atoms with Crippen LogP contribution >= 0.6 is 35.6 Å². The molecule has 0 bridgehead atoms. The molecule has 0 spiro atoms. The number of aryl methyl sites for hydroxylation is 4. The molecule has 4 N–H and O–H groups in total. The zero-order valence-electron chi connectivity index (χ0n) is 27.6. The third kappa shape index (κ3) is 10.1. The Labute approximate surface area is 309 Å².